The molecule has 3 N–H and O–H groups in total. The summed E-state index contributed by atoms with van der Waals surface area (Å²) in [4.78, 5) is 0. The molecule has 0 amide bonds. The zero-order valence-electron chi connectivity index (χ0n) is 11.8. The molecule has 0 bridgehead atoms. The Labute approximate surface area is 142 Å². The minimum atomic E-state index is -0.146. The number of nitrogens with two attached hydrogens (primary N) is 1. The summed E-state index contributed by atoms with van der Waals surface area (Å²) in [5.74, 6) is 5.71. The molecule has 1 aromatic heterocycles. The van der Waals surface area contributed by atoms with Gasteiger partial charge in [-0.3, -0.25) is 16.0 Å². The molecule has 1 unspecified atom stereocenters. The van der Waals surface area contributed by atoms with Gasteiger partial charge in [0.2, 0.25) is 0 Å². The van der Waals surface area contributed by atoms with Crippen LogP contribution in [0, 0.1) is 0 Å². The quantitative estimate of drug-likeness (QED) is 0.602. The van der Waals surface area contributed by atoms with Crippen molar-refractivity contribution in [3.05, 3.63) is 49.7 Å². The highest BCUT2D eigenvalue weighted by molar-refractivity contribution is 9.10. The van der Waals surface area contributed by atoms with Crippen LogP contribution in [0.25, 0.3) is 0 Å². The molecule has 1 atom stereocenters. The minimum Gasteiger partial charge on any atom is -0.271 e. The van der Waals surface area contributed by atoms with Gasteiger partial charge in [-0.2, -0.15) is 5.10 Å². The van der Waals surface area contributed by atoms with Crippen LogP contribution < -0.4 is 11.3 Å². The Morgan fingerprint density at radius 3 is 2.71 bits per heavy atom. The zero-order chi connectivity index (χ0) is 15.6. The summed E-state index contributed by atoms with van der Waals surface area (Å²) < 4.78 is 2.89. The van der Waals surface area contributed by atoms with Gasteiger partial charge in [-0.15, -0.1) is 0 Å². The van der Waals surface area contributed by atoms with E-state index in [0.717, 1.165) is 27.8 Å². The Morgan fingerprint density at radius 2 is 2.14 bits per heavy atom. The molecule has 7 heteroatoms. The third-order valence-electron chi connectivity index (χ3n) is 3.44. The second-order valence-corrected chi connectivity index (χ2v) is 6.41. The fraction of sp³-hybridized carbons (Fsp3) is 0.357. The van der Waals surface area contributed by atoms with Crippen molar-refractivity contribution in [3.8, 4) is 0 Å². The van der Waals surface area contributed by atoms with Gasteiger partial charge in [0.25, 0.3) is 0 Å². The van der Waals surface area contributed by atoms with Crippen LogP contribution >= 0.6 is 39.1 Å². The number of hydrogen-bond acceptors (Lipinski definition) is 3. The largest absolute Gasteiger partial charge is 0.271 e. The Balaban J connectivity index is 2.36. The first kappa shape index (κ1) is 16.8. The molecule has 21 heavy (non-hydrogen) atoms. The highest BCUT2D eigenvalue weighted by atomic mass is 79.9. The lowest BCUT2D eigenvalue weighted by molar-refractivity contribution is 0.529. The van der Waals surface area contributed by atoms with E-state index in [1.807, 2.05) is 17.8 Å². The van der Waals surface area contributed by atoms with Crippen molar-refractivity contribution in [2.45, 2.75) is 25.8 Å². The van der Waals surface area contributed by atoms with Gasteiger partial charge in [-0.25, -0.2) is 0 Å². The molecule has 1 aromatic carbocycles. The summed E-state index contributed by atoms with van der Waals surface area (Å²) in [5, 5.41) is 5.76. The molecular weight excluding hydrogens is 375 g/mol. The highest BCUT2D eigenvalue weighted by Gasteiger charge is 2.20. The third-order valence-corrected chi connectivity index (χ3v) is 4.93. The van der Waals surface area contributed by atoms with E-state index >= 15 is 0 Å². The van der Waals surface area contributed by atoms with Crippen LogP contribution in [0.5, 0.6) is 0 Å². The molecule has 1 heterocycles. The lowest BCUT2D eigenvalue weighted by atomic mass is 10.0. The normalized spacial score (nSPS) is 12.7. The maximum atomic E-state index is 6.26. The number of hydrazine groups is 1. The van der Waals surface area contributed by atoms with Crippen LogP contribution in [0.15, 0.2) is 22.7 Å². The predicted octanol–water partition coefficient (Wildman–Crippen LogP) is 3.80. The number of aryl methyl sites for hydroxylation is 2. The van der Waals surface area contributed by atoms with Crippen molar-refractivity contribution in [2.75, 3.05) is 0 Å². The summed E-state index contributed by atoms with van der Waals surface area (Å²) in [5.41, 5.74) is 5.77. The average Bonchev–Trinajstić information content (AvgIpc) is 2.74. The van der Waals surface area contributed by atoms with Crippen LogP contribution in [0.1, 0.15) is 29.9 Å². The topological polar surface area (TPSA) is 55.9 Å². The average molecular weight is 392 g/mol. The number of aromatic nitrogens is 2. The van der Waals surface area contributed by atoms with Crippen molar-refractivity contribution < 1.29 is 0 Å². The SMILES string of the molecule is CCc1nn(C)c(CC(NN)c2cc(Cl)ccc2Cl)c1Br. The van der Waals surface area contributed by atoms with Gasteiger partial charge < -0.3 is 0 Å². The van der Waals surface area contributed by atoms with E-state index in [2.05, 4.69) is 33.4 Å². The van der Waals surface area contributed by atoms with Gasteiger partial charge in [0.1, 0.15) is 0 Å². The number of rotatable bonds is 5. The number of nitrogens with zero attached hydrogens (tertiary/aromatic N) is 2. The molecule has 0 saturated carbocycles. The Morgan fingerprint density at radius 1 is 1.43 bits per heavy atom. The summed E-state index contributed by atoms with van der Waals surface area (Å²) in [6.45, 7) is 2.07. The molecule has 0 aliphatic carbocycles. The van der Waals surface area contributed by atoms with E-state index < -0.39 is 0 Å². The van der Waals surface area contributed by atoms with Gasteiger partial charge in [0.15, 0.2) is 0 Å². The van der Waals surface area contributed by atoms with Crippen LogP contribution in [0.4, 0.5) is 0 Å². The van der Waals surface area contributed by atoms with E-state index in [-0.39, 0.29) is 6.04 Å². The molecule has 2 rings (SSSR count). The summed E-state index contributed by atoms with van der Waals surface area (Å²) in [6.07, 6.45) is 1.52. The molecule has 0 radical (unpaired) electrons. The minimum absolute atomic E-state index is 0.146. The van der Waals surface area contributed by atoms with Crippen LogP contribution in [0.2, 0.25) is 10.0 Å². The maximum Gasteiger partial charge on any atom is 0.0766 e. The smallest absolute Gasteiger partial charge is 0.0766 e. The van der Waals surface area contributed by atoms with Crippen molar-refractivity contribution in [2.24, 2.45) is 12.9 Å². The standard InChI is InChI=1S/C14H17BrCl2N4/c1-3-11-14(15)13(21(2)20-11)7-12(19-18)9-6-8(16)4-5-10(9)17/h4-6,12,19H,3,7,18H2,1-2H3. The molecule has 0 spiro atoms. The first-order valence-electron chi connectivity index (χ1n) is 6.59. The molecule has 0 aliphatic rings. The van der Waals surface area contributed by atoms with Crippen LogP contribution in [-0.4, -0.2) is 9.78 Å². The second kappa shape index (κ2) is 7.11. The summed E-state index contributed by atoms with van der Waals surface area (Å²) >= 11 is 15.9. The van der Waals surface area contributed by atoms with E-state index in [9.17, 15) is 0 Å². The van der Waals surface area contributed by atoms with Gasteiger partial charge in [-0.05, 0) is 46.1 Å². The molecule has 2 aromatic rings. The monoisotopic (exact) mass is 390 g/mol. The Hall–Kier alpha value is -0.590. The second-order valence-electron chi connectivity index (χ2n) is 4.77. The first-order chi connectivity index (χ1) is 9.97. The number of halogens is 3. The van der Waals surface area contributed by atoms with Gasteiger partial charge >= 0.3 is 0 Å². The van der Waals surface area contributed by atoms with Gasteiger partial charge in [0.05, 0.1) is 21.9 Å². The van der Waals surface area contributed by atoms with E-state index in [4.69, 9.17) is 29.0 Å². The number of benzene rings is 1. The Bertz CT molecular complexity index is 642. The van der Waals surface area contributed by atoms with Crippen LogP contribution in [0.3, 0.4) is 0 Å². The molecule has 4 nitrogen and oxygen atoms in total. The summed E-state index contributed by atoms with van der Waals surface area (Å²) in [7, 11) is 1.92. The maximum absolute atomic E-state index is 6.26. The van der Waals surface area contributed by atoms with Gasteiger partial charge in [-0.1, -0.05) is 30.1 Å². The summed E-state index contributed by atoms with van der Waals surface area (Å²) in [6, 6.07) is 5.22. The van der Waals surface area contributed by atoms with E-state index in [1.165, 1.54) is 0 Å². The van der Waals surface area contributed by atoms with Crippen molar-refractivity contribution in [3.63, 3.8) is 0 Å². The van der Waals surface area contributed by atoms with Crippen molar-refractivity contribution in [1.82, 2.24) is 15.2 Å². The van der Waals surface area contributed by atoms with Gasteiger partial charge in [0, 0.05) is 23.5 Å². The molecule has 0 aliphatic heterocycles. The molecular formula is C14H17BrCl2N4. The first-order valence-corrected chi connectivity index (χ1v) is 8.14. The van der Waals surface area contributed by atoms with Crippen molar-refractivity contribution in [1.29, 1.82) is 0 Å². The zero-order valence-corrected chi connectivity index (χ0v) is 14.9. The predicted molar refractivity (Wildman–Crippen MR) is 90.5 cm³/mol. The number of nitrogens with one attached hydrogen (secondary N) is 1. The van der Waals surface area contributed by atoms with Crippen molar-refractivity contribution >= 4 is 39.1 Å². The third kappa shape index (κ3) is 3.60. The molecule has 0 fully saturated rings. The van der Waals surface area contributed by atoms with Crippen LogP contribution in [-0.2, 0) is 19.9 Å². The lowest BCUT2D eigenvalue weighted by Gasteiger charge is -2.18. The number of hydrogen-bond donors (Lipinski definition) is 2. The Kier molecular flexibility index (Phi) is 5.68. The fourth-order valence-electron chi connectivity index (χ4n) is 2.28. The highest BCUT2D eigenvalue weighted by Crippen LogP contribution is 2.31. The molecule has 0 saturated heterocycles. The van der Waals surface area contributed by atoms with E-state index in [1.54, 1.807) is 12.1 Å². The fourth-order valence-corrected chi connectivity index (χ4v) is 3.48. The molecule has 114 valence electrons. The van der Waals surface area contributed by atoms with E-state index in [0.29, 0.717) is 16.5 Å². The lowest BCUT2D eigenvalue weighted by Crippen LogP contribution is -2.30.